The van der Waals surface area contributed by atoms with E-state index in [4.69, 9.17) is 10.5 Å². The number of rotatable bonds is 7. The summed E-state index contributed by atoms with van der Waals surface area (Å²) < 4.78 is 19.1. The largest absolute Gasteiger partial charge is 0.490 e. The van der Waals surface area contributed by atoms with Crippen molar-refractivity contribution in [1.82, 2.24) is 5.32 Å². The molecule has 0 heterocycles. The van der Waals surface area contributed by atoms with Gasteiger partial charge in [0.15, 0.2) is 11.6 Å². The average molecular weight is 266 g/mol. The lowest BCUT2D eigenvalue weighted by Gasteiger charge is -2.11. The predicted molar refractivity (Wildman–Crippen MR) is 70.4 cm³/mol. The van der Waals surface area contributed by atoms with Gasteiger partial charge in [0.2, 0.25) is 5.91 Å². The van der Waals surface area contributed by atoms with Gasteiger partial charge in [-0.05, 0) is 37.4 Å². The molecule has 1 aromatic rings. The summed E-state index contributed by atoms with van der Waals surface area (Å²) in [5.41, 5.74) is 6.22. The van der Waals surface area contributed by atoms with Crippen molar-refractivity contribution in [3.8, 4) is 5.75 Å². The molecule has 1 aliphatic rings. The fraction of sp³-hybridized carbons (Fsp3) is 0.500. The standard InChI is InChI=1S/C14H19FN2O2/c15-12-3-1-2-10(6-8-16)14(12)19-9-7-13(18)17-11-4-5-11/h1-3,11H,4-9,16H2,(H,17,18). The molecule has 0 radical (unpaired) electrons. The molecule has 0 aromatic heterocycles. The van der Waals surface area contributed by atoms with E-state index in [1.165, 1.54) is 6.07 Å². The third-order valence-electron chi connectivity index (χ3n) is 2.98. The molecule has 104 valence electrons. The topological polar surface area (TPSA) is 64.3 Å². The highest BCUT2D eigenvalue weighted by atomic mass is 19.1. The molecule has 0 unspecified atom stereocenters. The molecule has 3 N–H and O–H groups in total. The highest BCUT2D eigenvalue weighted by Crippen LogP contribution is 2.23. The minimum absolute atomic E-state index is 0.0424. The van der Waals surface area contributed by atoms with Gasteiger partial charge in [-0.25, -0.2) is 4.39 Å². The van der Waals surface area contributed by atoms with Crippen LogP contribution in [0.3, 0.4) is 0 Å². The molecule has 0 spiro atoms. The minimum Gasteiger partial charge on any atom is -0.490 e. The number of halogens is 1. The minimum atomic E-state index is -0.409. The Hall–Kier alpha value is -1.62. The van der Waals surface area contributed by atoms with Crippen LogP contribution in [-0.4, -0.2) is 25.1 Å². The van der Waals surface area contributed by atoms with Crippen LogP contribution in [0.5, 0.6) is 5.75 Å². The Morgan fingerprint density at radius 1 is 1.47 bits per heavy atom. The Kier molecular flexibility index (Phi) is 4.74. The van der Waals surface area contributed by atoms with Crippen molar-refractivity contribution in [1.29, 1.82) is 0 Å². The van der Waals surface area contributed by atoms with E-state index in [0.29, 0.717) is 19.0 Å². The van der Waals surface area contributed by atoms with E-state index in [1.54, 1.807) is 12.1 Å². The van der Waals surface area contributed by atoms with Crippen molar-refractivity contribution in [3.63, 3.8) is 0 Å². The summed E-state index contributed by atoms with van der Waals surface area (Å²) in [5.74, 6) is -0.236. The molecule has 1 fully saturated rings. The molecule has 2 rings (SSSR count). The molecule has 0 saturated heterocycles. The molecular formula is C14H19FN2O2. The van der Waals surface area contributed by atoms with Crippen molar-refractivity contribution < 1.29 is 13.9 Å². The molecule has 4 nitrogen and oxygen atoms in total. The second-order valence-corrected chi connectivity index (χ2v) is 4.71. The fourth-order valence-electron chi connectivity index (χ4n) is 1.84. The second kappa shape index (κ2) is 6.52. The van der Waals surface area contributed by atoms with Crippen LogP contribution >= 0.6 is 0 Å². The van der Waals surface area contributed by atoms with E-state index in [9.17, 15) is 9.18 Å². The normalized spacial score (nSPS) is 14.2. The quantitative estimate of drug-likeness (QED) is 0.783. The van der Waals surface area contributed by atoms with Crippen LogP contribution in [-0.2, 0) is 11.2 Å². The summed E-state index contributed by atoms with van der Waals surface area (Å²) in [4.78, 5) is 11.5. The van der Waals surface area contributed by atoms with E-state index in [1.807, 2.05) is 0 Å². The van der Waals surface area contributed by atoms with Crippen LogP contribution in [0.2, 0.25) is 0 Å². The Morgan fingerprint density at radius 3 is 2.95 bits per heavy atom. The molecule has 0 bridgehead atoms. The first-order valence-electron chi connectivity index (χ1n) is 6.60. The summed E-state index contributed by atoms with van der Waals surface area (Å²) in [5, 5.41) is 2.86. The van der Waals surface area contributed by atoms with Crippen molar-refractivity contribution in [2.24, 2.45) is 5.73 Å². The molecule has 1 aliphatic carbocycles. The zero-order valence-corrected chi connectivity index (χ0v) is 10.8. The number of ether oxygens (including phenoxy) is 1. The second-order valence-electron chi connectivity index (χ2n) is 4.71. The number of carbonyl (C=O) groups excluding carboxylic acids is 1. The first-order valence-corrected chi connectivity index (χ1v) is 6.60. The first-order chi connectivity index (χ1) is 9.20. The lowest BCUT2D eigenvalue weighted by Crippen LogP contribution is -2.26. The third kappa shape index (κ3) is 4.21. The SMILES string of the molecule is NCCc1cccc(F)c1OCCC(=O)NC1CC1. The Bertz CT molecular complexity index is 447. The maximum atomic E-state index is 13.7. The molecule has 5 heteroatoms. The van der Waals surface area contributed by atoms with Crippen LogP contribution < -0.4 is 15.8 Å². The van der Waals surface area contributed by atoms with E-state index in [2.05, 4.69) is 5.32 Å². The number of benzene rings is 1. The van der Waals surface area contributed by atoms with E-state index in [0.717, 1.165) is 18.4 Å². The van der Waals surface area contributed by atoms with Gasteiger partial charge in [-0.3, -0.25) is 4.79 Å². The van der Waals surface area contributed by atoms with Crippen LogP contribution in [0.25, 0.3) is 0 Å². The average Bonchev–Trinajstić information content (AvgIpc) is 3.17. The summed E-state index contributed by atoms with van der Waals surface area (Å²) in [6.07, 6.45) is 2.91. The number of para-hydroxylation sites is 1. The Labute approximate surface area is 112 Å². The van der Waals surface area contributed by atoms with Crippen LogP contribution in [0.15, 0.2) is 18.2 Å². The number of amides is 1. The summed E-state index contributed by atoms with van der Waals surface area (Å²) in [7, 11) is 0. The van der Waals surface area contributed by atoms with E-state index >= 15 is 0 Å². The molecular weight excluding hydrogens is 247 g/mol. The number of hydrogen-bond acceptors (Lipinski definition) is 3. The molecule has 1 amide bonds. The summed E-state index contributed by atoms with van der Waals surface area (Å²) in [6, 6.07) is 5.11. The lowest BCUT2D eigenvalue weighted by atomic mass is 10.1. The zero-order valence-electron chi connectivity index (χ0n) is 10.8. The van der Waals surface area contributed by atoms with Gasteiger partial charge in [0.1, 0.15) is 0 Å². The van der Waals surface area contributed by atoms with Gasteiger partial charge in [0.25, 0.3) is 0 Å². The van der Waals surface area contributed by atoms with Crippen molar-refractivity contribution >= 4 is 5.91 Å². The van der Waals surface area contributed by atoms with Gasteiger partial charge >= 0.3 is 0 Å². The number of nitrogens with two attached hydrogens (primary N) is 1. The van der Waals surface area contributed by atoms with E-state index < -0.39 is 5.82 Å². The molecule has 1 saturated carbocycles. The van der Waals surface area contributed by atoms with Gasteiger partial charge in [-0.15, -0.1) is 0 Å². The monoisotopic (exact) mass is 266 g/mol. The van der Waals surface area contributed by atoms with E-state index in [-0.39, 0.29) is 24.7 Å². The Balaban J connectivity index is 1.85. The molecule has 0 atom stereocenters. The fourth-order valence-corrected chi connectivity index (χ4v) is 1.84. The molecule has 1 aromatic carbocycles. The molecule has 19 heavy (non-hydrogen) atoms. The van der Waals surface area contributed by atoms with Crippen LogP contribution in [0.4, 0.5) is 4.39 Å². The van der Waals surface area contributed by atoms with Gasteiger partial charge in [0.05, 0.1) is 13.0 Å². The first kappa shape index (κ1) is 13.8. The van der Waals surface area contributed by atoms with Gasteiger partial charge in [0, 0.05) is 6.04 Å². The summed E-state index contributed by atoms with van der Waals surface area (Å²) >= 11 is 0. The number of nitrogens with one attached hydrogen (secondary N) is 1. The van der Waals surface area contributed by atoms with Crippen LogP contribution in [0.1, 0.15) is 24.8 Å². The smallest absolute Gasteiger partial charge is 0.223 e. The molecule has 0 aliphatic heterocycles. The van der Waals surface area contributed by atoms with Crippen molar-refractivity contribution in [2.45, 2.75) is 31.7 Å². The van der Waals surface area contributed by atoms with Gasteiger partial charge in [-0.1, -0.05) is 12.1 Å². The van der Waals surface area contributed by atoms with Crippen molar-refractivity contribution in [3.05, 3.63) is 29.6 Å². The number of hydrogen-bond donors (Lipinski definition) is 2. The Morgan fingerprint density at radius 2 is 2.26 bits per heavy atom. The van der Waals surface area contributed by atoms with Gasteiger partial charge < -0.3 is 15.8 Å². The highest BCUT2D eigenvalue weighted by Gasteiger charge is 2.23. The number of carbonyl (C=O) groups is 1. The predicted octanol–water partition coefficient (Wildman–Crippen LogP) is 1.37. The maximum Gasteiger partial charge on any atom is 0.223 e. The van der Waals surface area contributed by atoms with Crippen LogP contribution in [0, 0.1) is 5.82 Å². The maximum absolute atomic E-state index is 13.7. The lowest BCUT2D eigenvalue weighted by molar-refractivity contribution is -0.121. The zero-order chi connectivity index (χ0) is 13.7. The highest BCUT2D eigenvalue weighted by molar-refractivity contribution is 5.76. The van der Waals surface area contributed by atoms with Crippen molar-refractivity contribution in [2.75, 3.05) is 13.2 Å². The third-order valence-corrected chi connectivity index (χ3v) is 2.98. The summed E-state index contributed by atoms with van der Waals surface area (Å²) in [6.45, 7) is 0.610. The van der Waals surface area contributed by atoms with Gasteiger partial charge in [-0.2, -0.15) is 0 Å².